The molecule has 0 aliphatic carbocycles. The number of amides is 2. The van der Waals surface area contributed by atoms with E-state index in [0.29, 0.717) is 25.4 Å². The summed E-state index contributed by atoms with van der Waals surface area (Å²) in [5.74, 6) is 0.224. The quantitative estimate of drug-likeness (QED) is 0.649. The fraction of sp³-hybridized carbons (Fsp3) is 0.385. The average molecular weight is 452 g/mol. The van der Waals surface area contributed by atoms with E-state index in [1.807, 2.05) is 57.1 Å². The Kier molecular flexibility index (Phi) is 7.43. The second kappa shape index (κ2) is 10.1. The van der Waals surface area contributed by atoms with Crippen molar-refractivity contribution in [3.05, 3.63) is 64.7 Å². The molecule has 0 unspecified atom stereocenters. The van der Waals surface area contributed by atoms with Crippen LogP contribution in [0.2, 0.25) is 0 Å². The first-order chi connectivity index (χ1) is 15.6. The molecule has 0 spiro atoms. The van der Waals surface area contributed by atoms with E-state index < -0.39 is 0 Å². The zero-order chi connectivity index (χ0) is 24.3. The first-order valence-electron chi connectivity index (χ1n) is 11.0. The number of carbonyl (C=O) groups is 2. The second-order valence-electron chi connectivity index (χ2n) is 8.90. The Hall–Kier alpha value is -3.32. The Balaban J connectivity index is 1.85. The highest BCUT2D eigenvalue weighted by Gasteiger charge is 2.30. The van der Waals surface area contributed by atoms with Gasteiger partial charge in [-0.15, -0.1) is 0 Å². The molecule has 2 aromatic carbocycles. The van der Waals surface area contributed by atoms with Crippen LogP contribution in [-0.2, 0) is 17.9 Å². The van der Waals surface area contributed by atoms with E-state index in [4.69, 9.17) is 4.74 Å². The third-order valence-electron chi connectivity index (χ3n) is 5.87. The lowest BCUT2D eigenvalue weighted by atomic mass is 9.98. The number of hydrogen-bond donors (Lipinski definition) is 1. The molecule has 33 heavy (non-hydrogen) atoms. The number of anilines is 1. The van der Waals surface area contributed by atoms with Crippen LogP contribution in [0, 0.1) is 0 Å². The van der Waals surface area contributed by atoms with Crippen LogP contribution in [-0.4, -0.2) is 61.5 Å². The molecule has 7 nitrogen and oxygen atoms in total. The van der Waals surface area contributed by atoms with E-state index in [0.717, 1.165) is 22.4 Å². The number of rotatable bonds is 7. The third-order valence-corrected chi connectivity index (χ3v) is 5.87. The van der Waals surface area contributed by atoms with Gasteiger partial charge in [-0.05, 0) is 43.3 Å². The minimum atomic E-state index is -0.251. The van der Waals surface area contributed by atoms with E-state index >= 15 is 0 Å². The molecule has 2 amide bonds. The van der Waals surface area contributed by atoms with Gasteiger partial charge in [-0.3, -0.25) is 9.59 Å². The van der Waals surface area contributed by atoms with Crippen LogP contribution in [0.3, 0.4) is 0 Å². The van der Waals surface area contributed by atoms with Crippen molar-refractivity contribution < 1.29 is 19.4 Å². The SMILES string of the molecule is COc1cc(O)c(C(=O)N2Cc3cccc(N(C)C(=O)/C=C/CN(C)C)c3C2)cc1C(C)C. The summed E-state index contributed by atoms with van der Waals surface area (Å²) in [7, 11) is 7.18. The van der Waals surface area contributed by atoms with Gasteiger partial charge in [-0.25, -0.2) is 0 Å². The van der Waals surface area contributed by atoms with Crippen LogP contribution in [0.1, 0.15) is 46.8 Å². The summed E-state index contributed by atoms with van der Waals surface area (Å²) in [6, 6.07) is 8.99. The fourth-order valence-electron chi connectivity index (χ4n) is 4.01. The Morgan fingerprint density at radius 3 is 2.55 bits per heavy atom. The molecule has 0 radical (unpaired) electrons. The molecule has 1 N–H and O–H groups in total. The van der Waals surface area contributed by atoms with Gasteiger partial charge in [0.15, 0.2) is 0 Å². The maximum atomic E-state index is 13.4. The smallest absolute Gasteiger partial charge is 0.258 e. The van der Waals surface area contributed by atoms with Crippen LogP contribution < -0.4 is 9.64 Å². The number of aromatic hydroxyl groups is 1. The lowest BCUT2D eigenvalue weighted by Gasteiger charge is -2.21. The predicted molar refractivity (Wildman–Crippen MR) is 130 cm³/mol. The molecule has 7 heteroatoms. The normalized spacial score (nSPS) is 13.2. The molecule has 0 saturated carbocycles. The van der Waals surface area contributed by atoms with E-state index in [9.17, 15) is 14.7 Å². The highest BCUT2D eigenvalue weighted by Crippen LogP contribution is 2.36. The largest absolute Gasteiger partial charge is 0.507 e. The van der Waals surface area contributed by atoms with Gasteiger partial charge in [0.2, 0.25) is 5.91 Å². The van der Waals surface area contributed by atoms with Gasteiger partial charge in [0, 0.05) is 50.1 Å². The van der Waals surface area contributed by atoms with Crippen molar-refractivity contribution in [2.75, 3.05) is 39.7 Å². The molecule has 1 aliphatic rings. The zero-order valence-electron chi connectivity index (χ0n) is 20.3. The highest BCUT2D eigenvalue weighted by atomic mass is 16.5. The number of benzene rings is 2. The molecule has 0 aromatic heterocycles. The van der Waals surface area contributed by atoms with Crippen molar-refractivity contribution in [3.8, 4) is 11.5 Å². The topological polar surface area (TPSA) is 73.3 Å². The van der Waals surface area contributed by atoms with Crippen molar-refractivity contribution in [1.82, 2.24) is 9.80 Å². The summed E-state index contributed by atoms with van der Waals surface area (Å²) in [5, 5.41) is 10.5. The van der Waals surface area contributed by atoms with Crippen LogP contribution in [0.5, 0.6) is 11.5 Å². The van der Waals surface area contributed by atoms with Crippen molar-refractivity contribution in [1.29, 1.82) is 0 Å². The molecule has 0 bridgehead atoms. The van der Waals surface area contributed by atoms with E-state index in [1.54, 1.807) is 36.1 Å². The van der Waals surface area contributed by atoms with Crippen molar-refractivity contribution >= 4 is 17.5 Å². The predicted octanol–water partition coefficient (Wildman–Crippen LogP) is 3.76. The molecule has 2 aromatic rings. The number of methoxy groups -OCH3 is 1. The number of nitrogens with zero attached hydrogens (tertiary/aromatic N) is 3. The number of likely N-dealkylation sites (N-methyl/N-ethyl adjacent to an activating group) is 2. The van der Waals surface area contributed by atoms with Crippen LogP contribution >= 0.6 is 0 Å². The summed E-state index contributed by atoms with van der Waals surface area (Å²) in [6.07, 6.45) is 3.40. The highest BCUT2D eigenvalue weighted by molar-refractivity contribution is 6.02. The van der Waals surface area contributed by atoms with Crippen molar-refractivity contribution in [2.24, 2.45) is 0 Å². The number of phenols is 1. The summed E-state index contributed by atoms with van der Waals surface area (Å²) >= 11 is 0. The molecule has 3 rings (SSSR count). The Morgan fingerprint density at radius 1 is 1.18 bits per heavy atom. The summed E-state index contributed by atoms with van der Waals surface area (Å²) < 4.78 is 5.37. The first kappa shape index (κ1) is 24.3. The maximum Gasteiger partial charge on any atom is 0.258 e. The summed E-state index contributed by atoms with van der Waals surface area (Å²) in [4.78, 5) is 31.3. The Morgan fingerprint density at radius 2 is 1.91 bits per heavy atom. The van der Waals surface area contributed by atoms with Gasteiger partial charge in [0.25, 0.3) is 5.91 Å². The van der Waals surface area contributed by atoms with Gasteiger partial charge in [-0.1, -0.05) is 32.1 Å². The molecular formula is C26H33N3O4. The first-order valence-corrected chi connectivity index (χ1v) is 11.0. The molecule has 1 aliphatic heterocycles. The fourth-order valence-corrected chi connectivity index (χ4v) is 4.01. The van der Waals surface area contributed by atoms with Crippen LogP contribution in [0.15, 0.2) is 42.5 Å². The lowest BCUT2D eigenvalue weighted by molar-refractivity contribution is -0.113. The molecule has 1 heterocycles. The molecular weight excluding hydrogens is 418 g/mol. The minimum absolute atomic E-state index is 0.101. The van der Waals surface area contributed by atoms with Gasteiger partial charge < -0.3 is 24.5 Å². The Labute approximate surface area is 195 Å². The number of hydrogen-bond acceptors (Lipinski definition) is 5. The number of fused-ring (bicyclic) bond motifs is 1. The van der Waals surface area contributed by atoms with Crippen LogP contribution in [0.4, 0.5) is 5.69 Å². The molecule has 176 valence electrons. The van der Waals surface area contributed by atoms with Gasteiger partial charge in [0.1, 0.15) is 11.5 Å². The molecule has 0 saturated heterocycles. The third kappa shape index (κ3) is 5.20. The summed E-state index contributed by atoms with van der Waals surface area (Å²) in [6.45, 7) is 5.50. The minimum Gasteiger partial charge on any atom is -0.507 e. The monoisotopic (exact) mass is 451 g/mol. The second-order valence-corrected chi connectivity index (χ2v) is 8.90. The lowest BCUT2D eigenvalue weighted by Crippen LogP contribution is -2.27. The maximum absolute atomic E-state index is 13.4. The van der Waals surface area contributed by atoms with Gasteiger partial charge in [0.05, 0.1) is 12.7 Å². The molecule has 0 fully saturated rings. The van der Waals surface area contributed by atoms with Crippen molar-refractivity contribution in [2.45, 2.75) is 32.9 Å². The standard InChI is InChI=1S/C26H33N3O4/c1-17(2)19-13-20(23(30)14-24(19)33-6)26(32)29-15-18-9-7-10-22(21(18)16-29)28(5)25(31)11-8-12-27(3)4/h7-11,13-14,17,30H,12,15-16H2,1-6H3/b11-8+. The number of carbonyl (C=O) groups excluding carboxylic acids is 2. The van der Waals surface area contributed by atoms with Gasteiger partial charge >= 0.3 is 0 Å². The van der Waals surface area contributed by atoms with Gasteiger partial charge in [-0.2, -0.15) is 0 Å². The number of ether oxygens (including phenoxy) is 1. The summed E-state index contributed by atoms with van der Waals surface area (Å²) in [5.41, 5.74) is 3.84. The number of phenolic OH excluding ortho intramolecular Hbond substituents is 1. The van der Waals surface area contributed by atoms with E-state index in [-0.39, 0.29) is 29.0 Å². The van der Waals surface area contributed by atoms with E-state index in [2.05, 4.69) is 0 Å². The zero-order valence-corrected chi connectivity index (χ0v) is 20.3. The Bertz CT molecular complexity index is 1080. The van der Waals surface area contributed by atoms with Crippen molar-refractivity contribution in [3.63, 3.8) is 0 Å². The van der Waals surface area contributed by atoms with E-state index in [1.165, 1.54) is 6.07 Å². The average Bonchev–Trinajstić information content (AvgIpc) is 3.21. The molecule has 0 atom stereocenters. The van der Waals surface area contributed by atoms with Crippen LogP contribution in [0.25, 0.3) is 0 Å².